The van der Waals surface area contributed by atoms with Gasteiger partial charge in [-0.15, -0.1) is 0 Å². The molecule has 2 fully saturated rings. The summed E-state index contributed by atoms with van der Waals surface area (Å²) >= 11 is 0. The van der Waals surface area contributed by atoms with Crippen LogP contribution in [-0.4, -0.2) is 27.9 Å². The molecule has 0 radical (unpaired) electrons. The van der Waals surface area contributed by atoms with Gasteiger partial charge in [0.15, 0.2) is 0 Å². The normalized spacial score (nSPS) is 26.4. The number of carbonyl (C=O) groups excluding carboxylic acids is 2. The van der Waals surface area contributed by atoms with Crippen LogP contribution in [0.2, 0.25) is 0 Å². The standard InChI is InChI=1S/C21H22FN3O2/c22-16-6-3-5-15(13-16)18(26)24-20-8-4-9-21(14-20,11-10-20)25-19(27)17-7-1-2-12-23-17/h1-3,5-7,12-13H,4,8-11,14H2,(H,24,26)(H,25,27). The van der Waals surface area contributed by atoms with Crippen LogP contribution in [0.5, 0.6) is 0 Å². The van der Waals surface area contributed by atoms with E-state index in [1.807, 2.05) is 0 Å². The number of aromatic nitrogens is 1. The Labute approximate surface area is 157 Å². The zero-order chi connectivity index (χ0) is 18.9. The highest BCUT2D eigenvalue weighted by Crippen LogP contribution is 2.48. The van der Waals surface area contributed by atoms with Crippen LogP contribution >= 0.6 is 0 Å². The van der Waals surface area contributed by atoms with Crippen molar-refractivity contribution in [1.29, 1.82) is 0 Å². The first kappa shape index (κ1) is 17.6. The zero-order valence-electron chi connectivity index (χ0n) is 15.0. The van der Waals surface area contributed by atoms with E-state index in [1.54, 1.807) is 30.5 Å². The predicted octanol–water partition coefficient (Wildman–Crippen LogP) is 3.23. The first-order valence-electron chi connectivity index (χ1n) is 9.31. The van der Waals surface area contributed by atoms with Crippen molar-refractivity contribution in [2.24, 2.45) is 0 Å². The maximum absolute atomic E-state index is 13.4. The predicted molar refractivity (Wildman–Crippen MR) is 98.7 cm³/mol. The van der Waals surface area contributed by atoms with Crippen molar-refractivity contribution in [1.82, 2.24) is 15.6 Å². The molecule has 2 aliphatic rings. The molecule has 2 atom stereocenters. The number of halogens is 1. The number of nitrogens with one attached hydrogen (secondary N) is 2. The molecule has 0 aliphatic heterocycles. The maximum atomic E-state index is 13.4. The van der Waals surface area contributed by atoms with Crippen LogP contribution in [0.15, 0.2) is 48.7 Å². The monoisotopic (exact) mass is 367 g/mol. The average molecular weight is 367 g/mol. The Morgan fingerprint density at radius 1 is 0.926 bits per heavy atom. The summed E-state index contributed by atoms with van der Waals surface area (Å²) in [6, 6.07) is 11.0. The van der Waals surface area contributed by atoms with Gasteiger partial charge >= 0.3 is 0 Å². The van der Waals surface area contributed by atoms with Gasteiger partial charge in [0.1, 0.15) is 11.5 Å². The topological polar surface area (TPSA) is 71.1 Å². The van der Waals surface area contributed by atoms with Crippen LogP contribution in [0.1, 0.15) is 59.4 Å². The summed E-state index contributed by atoms with van der Waals surface area (Å²) in [4.78, 5) is 29.3. The van der Waals surface area contributed by atoms with Crippen molar-refractivity contribution < 1.29 is 14.0 Å². The number of amides is 2. The van der Waals surface area contributed by atoms with Crippen molar-refractivity contribution in [2.75, 3.05) is 0 Å². The highest BCUT2D eigenvalue weighted by atomic mass is 19.1. The van der Waals surface area contributed by atoms with Gasteiger partial charge in [-0.05, 0) is 68.9 Å². The molecular formula is C21H22FN3O2. The van der Waals surface area contributed by atoms with Gasteiger partial charge in [-0.2, -0.15) is 0 Å². The first-order valence-corrected chi connectivity index (χ1v) is 9.31. The van der Waals surface area contributed by atoms with E-state index in [4.69, 9.17) is 0 Å². The van der Waals surface area contributed by atoms with Gasteiger partial charge in [0.25, 0.3) is 11.8 Å². The molecule has 5 nitrogen and oxygen atoms in total. The van der Waals surface area contributed by atoms with Crippen LogP contribution in [0, 0.1) is 5.82 Å². The Morgan fingerprint density at radius 2 is 1.67 bits per heavy atom. The lowest BCUT2D eigenvalue weighted by atomic mass is 9.78. The summed E-state index contributed by atoms with van der Waals surface area (Å²) in [5.41, 5.74) is 0.0601. The molecule has 2 bridgehead atoms. The molecule has 2 aliphatic carbocycles. The largest absolute Gasteiger partial charge is 0.347 e. The maximum Gasteiger partial charge on any atom is 0.270 e. The molecule has 2 saturated carbocycles. The number of hydrogen-bond acceptors (Lipinski definition) is 3. The molecule has 1 aromatic carbocycles. The average Bonchev–Trinajstić information content (AvgIpc) is 2.92. The number of pyridine rings is 1. The summed E-state index contributed by atoms with van der Waals surface area (Å²) in [6.07, 6.45) is 6.60. The molecule has 0 spiro atoms. The van der Waals surface area contributed by atoms with Crippen LogP contribution in [-0.2, 0) is 0 Å². The lowest BCUT2D eigenvalue weighted by molar-refractivity contribution is 0.0829. The second-order valence-corrected chi connectivity index (χ2v) is 7.72. The quantitative estimate of drug-likeness (QED) is 0.872. The van der Waals surface area contributed by atoms with Crippen molar-refractivity contribution in [2.45, 2.75) is 49.6 Å². The third kappa shape index (κ3) is 3.56. The molecule has 2 amide bonds. The van der Waals surface area contributed by atoms with Crippen molar-refractivity contribution in [3.8, 4) is 0 Å². The summed E-state index contributed by atoms with van der Waals surface area (Å²) < 4.78 is 13.4. The van der Waals surface area contributed by atoms with E-state index >= 15 is 0 Å². The minimum absolute atomic E-state index is 0.176. The van der Waals surface area contributed by atoms with Crippen molar-refractivity contribution >= 4 is 11.8 Å². The highest BCUT2D eigenvalue weighted by molar-refractivity contribution is 5.95. The molecule has 1 aromatic heterocycles. The number of fused-ring (bicyclic) bond motifs is 2. The van der Waals surface area contributed by atoms with Crippen LogP contribution in [0.3, 0.4) is 0 Å². The number of hydrogen-bond donors (Lipinski definition) is 2. The summed E-state index contributed by atoms with van der Waals surface area (Å²) in [5, 5.41) is 6.31. The Hall–Kier alpha value is -2.76. The van der Waals surface area contributed by atoms with Crippen molar-refractivity contribution in [3.63, 3.8) is 0 Å². The van der Waals surface area contributed by atoms with E-state index in [0.29, 0.717) is 17.7 Å². The number of benzene rings is 1. The molecule has 140 valence electrons. The van der Waals surface area contributed by atoms with Crippen LogP contribution in [0.25, 0.3) is 0 Å². The molecule has 27 heavy (non-hydrogen) atoms. The van der Waals surface area contributed by atoms with Gasteiger partial charge in [0.2, 0.25) is 0 Å². The van der Waals surface area contributed by atoms with E-state index in [0.717, 1.165) is 32.1 Å². The van der Waals surface area contributed by atoms with Gasteiger partial charge in [0.05, 0.1) is 0 Å². The lowest BCUT2D eigenvalue weighted by Gasteiger charge is -2.40. The third-order valence-electron chi connectivity index (χ3n) is 5.81. The van der Waals surface area contributed by atoms with Gasteiger partial charge in [0, 0.05) is 22.8 Å². The van der Waals surface area contributed by atoms with Gasteiger partial charge in [-0.25, -0.2) is 4.39 Å². The minimum Gasteiger partial charge on any atom is -0.347 e. The number of carbonyl (C=O) groups is 2. The molecule has 6 heteroatoms. The molecule has 4 rings (SSSR count). The zero-order valence-corrected chi connectivity index (χ0v) is 15.0. The smallest absolute Gasteiger partial charge is 0.270 e. The lowest BCUT2D eigenvalue weighted by Crippen LogP contribution is -2.55. The molecule has 2 N–H and O–H groups in total. The molecule has 2 aromatic rings. The number of nitrogens with zero attached hydrogens (tertiary/aromatic N) is 1. The third-order valence-corrected chi connectivity index (χ3v) is 5.81. The summed E-state index contributed by atoms with van der Waals surface area (Å²) in [5.74, 6) is -0.861. The van der Waals surface area contributed by atoms with Crippen LogP contribution < -0.4 is 10.6 Å². The van der Waals surface area contributed by atoms with Gasteiger partial charge in [-0.1, -0.05) is 12.1 Å². The first-order chi connectivity index (χ1) is 13.0. The van der Waals surface area contributed by atoms with Crippen LogP contribution in [0.4, 0.5) is 4.39 Å². The number of rotatable bonds is 4. The SMILES string of the molecule is O=C(NC12CCCC(NC(=O)c3ccccn3)(CC1)C2)c1cccc(F)c1. The highest BCUT2D eigenvalue weighted by Gasteiger charge is 2.52. The molecule has 1 heterocycles. The second-order valence-electron chi connectivity index (χ2n) is 7.72. The Balaban J connectivity index is 1.48. The second kappa shape index (κ2) is 6.76. The van der Waals surface area contributed by atoms with Gasteiger partial charge < -0.3 is 10.6 Å². The van der Waals surface area contributed by atoms with Crippen molar-refractivity contribution in [3.05, 3.63) is 65.7 Å². The van der Waals surface area contributed by atoms with E-state index in [1.165, 1.54) is 18.2 Å². The fourth-order valence-corrected chi connectivity index (χ4v) is 4.58. The molecule has 0 saturated heterocycles. The Morgan fingerprint density at radius 3 is 2.33 bits per heavy atom. The van der Waals surface area contributed by atoms with E-state index in [9.17, 15) is 14.0 Å². The van der Waals surface area contributed by atoms with E-state index in [2.05, 4.69) is 15.6 Å². The fraction of sp³-hybridized carbons (Fsp3) is 0.381. The fourth-order valence-electron chi connectivity index (χ4n) is 4.58. The summed E-state index contributed by atoms with van der Waals surface area (Å²) in [7, 11) is 0. The Kier molecular flexibility index (Phi) is 4.42. The minimum atomic E-state index is -0.424. The molecule has 2 unspecified atom stereocenters. The Bertz CT molecular complexity index is 873. The summed E-state index contributed by atoms with van der Waals surface area (Å²) in [6.45, 7) is 0. The molecular weight excluding hydrogens is 345 g/mol. The van der Waals surface area contributed by atoms with E-state index < -0.39 is 5.82 Å². The van der Waals surface area contributed by atoms with Gasteiger partial charge in [-0.3, -0.25) is 14.6 Å². The van der Waals surface area contributed by atoms with E-state index in [-0.39, 0.29) is 22.9 Å².